The van der Waals surface area contributed by atoms with E-state index < -0.39 is 34.1 Å². The maximum absolute atomic E-state index is 14.3. The number of benzene rings is 4. The van der Waals surface area contributed by atoms with Crippen LogP contribution in [0, 0.1) is 0 Å². The average Bonchev–Trinajstić information content (AvgIpc) is 3.04. The lowest BCUT2D eigenvalue weighted by Crippen LogP contribution is -2.56. The number of nitrogens with one attached hydrogen (secondary N) is 1. The van der Waals surface area contributed by atoms with Gasteiger partial charge in [-0.2, -0.15) is 0 Å². The van der Waals surface area contributed by atoms with Crippen molar-refractivity contribution in [2.45, 2.75) is 51.9 Å². The van der Waals surface area contributed by atoms with Crippen molar-refractivity contribution in [2.24, 2.45) is 0 Å². The number of carbonyl (C=O) groups excluding carboxylic acids is 2. The summed E-state index contributed by atoms with van der Waals surface area (Å²) in [4.78, 5) is 29.7. The molecule has 0 radical (unpaired) electrons. The van der Waals surface area contributed by atoms with E-state index in [1.807, 2.05) is 93.6 Å². The van der Waals surface area contributed by atoms with E-state index in [-0.39, 0.29) is 18.9 Å². The largest absolute Gasteiger partial charge is 0.497 e. The fourth-order valence-corrected chi connectivity index (χ4v) is 5.89. The summed E-state index contributed by atoms with van der Waals surface area (Å²) in [6, 6.07) is 32.0. The van der Waals surface area contributed by atoms with Gasteiger partial charge in [0.25, 0.3) is 0 Å². The highest BCUT2D eigenvalue weighted by molar-refractivity contribution is 7.92. The number of amides is 2. The highest BCUT2D eigenvalue weighted by atomic mass is 32.2. The minimum absolute atomic E-state index is 0.0506. The highest BCUT2D eigenvalue weighted by Crippen LogP contribution is 2.24. The van der Waals surface area contributed by atoms with Crippen LogP contribution in [0.3, 0.4) is 0 Å². The molecule has 0 spiro atoms. The van der Waals surface area contributed by atoms with Gasteiger partial charge in [-0.1, -0.05) is 72.8 Å². The molecule has 0 heterocycles. The Hall–Kier alpha value is -4.83. The molecule has 1 N–H and O–H groups in total. The number of sulfonamides is 1. The molecule has 0 bridgehead atoms. The van der Waals surface area contributed by atoms with Gasteiger partial charge in [-0.05, 0) is 73.9 Å². The lowest BCUT2D eigenvalue weighted by atomic mass is 10.0. The molecule has 248 valence electrons. The van der Waals surface area contributed by atoms with E-state index in [0.717, 1.165) is 27.3 Å². The van der Waals surface area contributed by atoms with Crippen LogP contribution in [-0.4, -0.2) is 56.6 Å². The third kappa shape index (κ3) is 10.6. The molecule has 0 aliphatic rings. The molecule has 2 amide bonds. The van der Waals surface area contributed by atoms with Crippen LogP contribution in [-0.2, 0) is 39.2 Å². The van der Waals surface area contributed by atoms with Gasteiger partial charge in [0.1, 0.15) is 30.7 Å². The number of ether oxygens (including phenoxy) is 2. The van der Waals surface area contributed by atoms with Gasteiger partial charge in [0.05, 0.1) is 19.1 Å². The zero-order valence-corrected chi connectivity index (χ0v) is 28.4. The highest BCUT2D eigenvalue weighted by Gasteiger charge is 2.34. The molecule has 4 rings (SSSR count). The molecule has 4 aromatic rings. The van der Waals surface area contributed by atoms with Crippen molar-refractivity contribution in [3.05, 3.63) is 126 Å². The Morgan fingerprint density at radius 1 is 0.787 bits per heavy atom. The van der Waals surface area contributed by atoms with Crippen molar-refractivity contribution in [3.8, 4) is 11.5 Å². The smallest absolute Gasteiger partial charge is 0.244 e. The van der Waals surface area contributed by atoms with Crippen molar-refractivity contribution < 1.29 is 27.5 Å². The van der Waals surface area contributed by atoms with Crippen molar-refractivity contribution in [2.75, 3.05) is 24.2 Å². The van der Waals surface area contributed by atoms with Crippen molar-refractivity contribution >= 4 is 27.5 Å². The number of nitrogens with zero attached hydrogens (tertiary/aromatic N) is 2. The van der Waals surface area contributed by atoms with Crippen molar-refractivity contribution in [3.63, 3.8) is 0 Å². The quantitative estimate of drug-likeness (QED) is 0.190. The molecule has 0 aromatic heterocycles. The molecule has 0 aliphatic heterocycles. The second-order valence-corrected chi connectivity index (χ2v) is 14.3. The first-order valence-corrected chi connectivity index (χ1v) is 17.2. The van der Waals surface area contributed by atoms with Crippen LogP contribution in [0.25, 0.3) is 0 Å². The van der Waals surface area contributed by atoms with Gasteiger partial charge in [-0.25, -0.2) is 8.42 Å². The van der Waals surface area contributed by atoms with Crippen molar-refractivity contribution in [1.82, 2.24) is 10.2 Å². The summed E-state index contributed by atoms with van der Waals surface area (Å²) in [5.41, 5.74) is 2.31. The Labute approximate surface area is 278 Å². The molecule has 0 unspecified atom stereocenters. The maximum Gasteiger partial charge on any atom is 0.244 e. The number of hydrogen-bond donors (Lipinski definition) is 1. The maximum atomic E-state index is 14.3. The van der Waals surface area contributed by atoms with Gasteiger partial charge in [-0.3, -0.25) is 13.9 Å². The van der Waals surface area contributed by atoms with E-state index in [1.54, 1.807) is 43.5 Å². The summed E-state index contributed by atoms with van der Waals surface area (Å²) in [6.07, 6.45) is 1.28. The van der Waals surface area contributed by atoms with Crippen molar-refractivity contribution in [1.29, 1.82) is 0 Å². The Kier molecular flexibility index (Phi) is 11.7. The lowest BCUT2D eigenvalue weighted by Gasteiger charge is -2.35. The summed E-state index contributed by atoms with van der Waals surface area (Å²) >= 11 is 0. The van der Waals surface area contributed by atoms with Gasteiger partial charge in [0.15, 0.2) is 0 Å². The van der Waals surface area contributed by atoms with E-state index in [4.69, 9.17) is 9.47 Å². The number of carbonyl (C=O) groups is 2. The summed E-state index contributed by atoms with van der Waals surface area (Å²) in [6.45, 7) is 5.51. The zero-order valence-electron chi connectivity index (χ0n) is 27.6. The first-order chi connectivity index (χ1) is 22.3. The summed E-state index contributed by atoms with van der Waals surface area (Å²) < 4.78 is 38.6. The van der Waals surface area contributed by atoms with Gasteiger partial charge in [0, 0.05) is 18.5 Å². The van der Waals surface area contributed by atoms with E-state index in [0.29, 0.717) is 23.8 Å². The summed E-state index contributed by atoms with van der Waals surface area (Å²) in [5.74, 6) is 0.274. The monoisotopic (exact) mass is 657 g/mol. The Morgan fingerprint density at radius 2 is 1.38 bits per heavy atom. The van der Waals surface area contributed by atoms with Gasteiger partial charge < -0.3 is 19.7 Å². The standard InChI is InChI=1S/C37H43N3O6S/c1-37(2,3)38-36(42)34(24-28-13-8-6-9-14-28)39(25-30-17-12-18-33(23-30)45-4)35(41)26-40(47(5,43)44)31-19-21-32(22-20-31)46-27-29-15-10-7-11-16-29/h6-23,34H,24-27H2,1-5H3,(H,38,42)/t34-/m1/s1. The van der Waals surface area contributed by atoms with Gasteiger partial charge in [-0.15, -0.1) is 0 Å². The molecule has 10 heteroatoms. The zero-order chi connectivity index (χ0) is 34.0. The normalized spacial score (nSPS) is 12.1. The van der Waals surface area contributed by atoms with Gasteiger partial charge in [0.2, 0.25) is 21.8 Å². The van der Waals surface area contributed by atoms with Crippen LogP contribution in [0.15, 0.2) is 109 Å². The molecule has 0 aliphatic carbocycles. The minimum Gasteiger partial charge on any atom is -0.497 e. The van der Waals surface area contributed by atoms with Crippen LogP contribution >= 0.6 is 0 Å². The SMILES string of the molecule is COc1cccc(CN(C(=O)CN(c2ccc(OCc3ccccc3)cc2)S(C)(=O)=O)[C@H](Cc2ccccc2)C(=O)NC(C)(C)C)c1. The fourth-order valence-electron chi connectivity index (χ4n) is 5.04. The Morgan fingerprint density at radius 3 is 1.96 bits per heavy atom. The van der Waals surface area contributed by atoms with E-state index in [1.165, 1.54) is 4.90 Å². The number of anilines is 1. The topological polar surface area (TPSA) is 105 Å². The third-order valence-electron chi connectivity index (χ3n) is 7.31. The molecule has 47 heavy (non-hydrogen) atoms. The number of hydrogen-bond acceptors (Lipinski definition) is 6. The molecule has 0 saturated heterocycles. The van der Waals surface area contributed by atoms with E-state index >= 15 is 0 Å². The van der Waals surface area contributed by atoms with Crippen LogP contribution in [0.2, 0.25) is 0 Å². The second kappa shape index (κ2) is 15.6. The summed E-state index contributed by atoms with van der Waals surface area (Å²) in [7, 11) is -2.35. The van der Waals surface area contributed by atoms with E-state index in [9.17, 15) is 18.0 Å². The van der Waals surface area contributed by atoms with E-state index in [2.05, 4.69) is 5.32 Å². The lowest BCUT2D eigenvalue weighted by molar-refractivity contribution is -0.140. The summed E-state index contributed by atoms with van der Waals surface area (Å²) in [5, 5.41) is 3.03. The predicted octanol–water partition coefficient (Wildman–Crippen LogP) is 5.60. The Bertz CT molecular complexity index is 1720. The molecular weight excluding hydrogens is 614 g/mol. The minimum atomic E-state index is -3.91. The number of rotatable bonds is 14. The molecule has 4 aromatic carbocycles. The number of methoxy groups -OCH3 is 1. The second-order valence-electron chi connectivity index (χ2n) is 12.4. The molecule has 0 saturated carbocycles. The molecule has 1 atom stereocenters. The molecular formula is C37H43N3O6S. The molecule has 9 nitrogen and oxygen atoms in total. The van der Waals surface area contributed by atoms with Crippen LogP contribution in [0.5, 0.6) is 11.5 Å². The Balaban J connectivity index is 1.67. The average molecular weight is 658 g/mol. The fraction of sp³-hybridized carbons (Fsp3) is 0.297. The molecule has 0 fully saturated rings. The first-order valence-electron chi connectivity index (χ1n) is 15.4. The third-order valence-corrected chi connectivity index (χ3v) is 8.45. The van der Waals surface area contributed by atoms with Crippen LogP contribution < -0.4 is 19.1 Å². The first kappa shape index (κ1) is 35.0. The van der Waals surface area contributed by atoms with Gasteiger partial charge >= 0.3 is 0 Å². The predicted molar refractivity (Wildman–Crippen MR) is 185 cm³/mol. The van der Waals surface area contributed by atoms with Crippen LogP contribution in [0.4, 0.5) is 5.69 Å². The van der Waals surface area contributed by atoms with Crippen LogP contribution in [0.1, 0.15) is 37.5 Å².